The van der Waals surface area contributed by atoms with E-state index in [-0.39, 0.29) is 34.7 Å². The Morgan fingerprint density at radius 3 is 2.62 bits per heavy atom. The van der Waals surface area contributed by atoms with Gasteiger partial charge in [0.25, 0.3) is 11.5 Å². The van der Waals surface area contributed by atoms with Crippen LogP contribution in [-0.2, 0) is 9.84 Å². The van der Waals surface area contributed by atoms with Crippen LogP contribution < -0.4 is 5.56 Å². The van der Waals surface area contributed by atoms with E-state index >= 15 is 0 Å². The van der Waals surface area contributed by atoms with Crippen molar-refractivity contribution in [1.29, 1.82) is 0 Å². The molecule has 1 aliphatic heterocycles. The second kappa shape index (κ2) is 6.27. The Balaban J connectivity index is 1.88. The summed E-state index contributed by atoms with van der Waals surface area (Å²) in [6, 6.07) is 9.86. The molecule has 0 spiro atoms. The van der Waals surface area contributed by atoms with Crippen molar-refractivity contribution in [3.63, 3.8) is 0 Å². The minimum Gasteiger partial charge on any atom is -0.334 e. The number of hydrogen-bond acceptors (Lipinski definition) is 4. The lowest BCUT2D eigenvalue weighted by molar-refractivity contribution is 0.0702. The predicted molar refractivity (Wildman–Crippen MR) is 90.2 cm³/mol. The van der Waals surface area contributed by atoms with Crippen molar-refractivity contribution in [2.24, 2.45) is 0 Å². The van der Waals surface area contributed by atoms with Gasteiger partial charge < -0.3 is 4.90 Å². The molecule has 8 heteroatoms. The summed E-state index contributed by atoms with van der Waals surface area (Å²) in [6.07, 6.45) is 0.436. The molecule has 1 atom stereocenters. The summed E-state index contributed by atoms with van der Waals surface area (Å²) >= 11 is 0. The average molecular weight is 349 g/mol. The first-order chi connectivity index (χ1) is 11.4. The fourth-order valence-electron chi connectivity index (χ4n) is 3.02. The van der Waals surface area contributed by atoms with Crippen molar-refractivity contribution in [2.45, 2.75) is 19.4 Å². The summed E-state index contributed by atoms with van der Waals surface area (Å²) < 4.78 is 24.6. The third-order valence-electron chi connectivity index (χ3n) is 4.22. The van der Waals surface area contributed by atoms with Gasteiger partial charge in [-0.05, 0) is 25.5 Å². The molecule has 0 aliphatic carbocycles. The molecule has 0 radical (unpaired) electrons. The molecule has 128 valence electrons. The lowest BCUT2D eigenvalue weighted by atomic mass is 10.2. The largest absolute Gasteiger partial charge is 0.334 e. The van der Waals surface area contributed by atoms with Gasteiger partial charge in [0.15, 0.2) is 9.84 Å². The molecule has 1 fully saturated rings. The molecule has 1 unspecified atom stereocenters. The van der Waals surface area contributed by atoms with E-state index < -0.39 is 9.84 Å². The van der Waals surface area contributed by atoms with Crippen LogP contribution in [0.15, 0.2) is 41.2 Å². The topological polar surface area (TPSA) is 92.2 Å². The average Bonchev–Trinajstić information content (AvgIpc) is 3.11. The molecular weight excluding hydrogens is 330 g/mol. The van der Waals surface area contributed by atoms with E-state index in [0.717, 1.165) is 0 Å². The molecule has 3 rings (SSSR count). The first kappa shape index (κ1) is 16.5. The van der Waals surface area contributed by atoms with Crippen LogP contribution in [0.3, 0.4) is 0 Å². The summed E-state index contributed by atoms with van der Waals surface area (Å²) in [7, 11) is -3.08. The van der Waals surface area contributed by atoms with E-state index in [1.165, 1.54) is 15.6 Å². The molecule has 1 amide bonds. The van der Waals surface area contributed by atoms with Crippen LogP contribution in [-0.4, -0.2) is 53.1 Å². The molecule has 24 heavy (non-hydrogen) atoms. The van der Waals surface area contributed by atoms with Crippen LogP contribution >= 0.6 is 0 Å². The van der Waals surface area contributed by atoms with Gasteiger partial charge in [-0.25, -0.2) is 13.1 Å². The van der Waals surface area contributed by atoms with Crippen LogP contribution in [0.4, 0.5) is 0 Å². The van der Waals surface area contributed by atoms with Crippen molar-refractivity contribution < 1.29 is 13.2 Å². The Labute approximate surface area is 139 Å². The Bertz CT molecular complexity index is 899. The van der Waals surface area contributed by atoms with Gasteiger partial charge in [0.2, 0.25) is 0 Å². The molecule has 1 aromatic carbocycles. The number of rotatable bonds is 4. The minimum absolute atomic E-state index is 0.0177. The molecule has 1 N–H and O–H groups in total. The summed E-state index contributed by atoms with van der Waals surface area (Å²) in [5, 5.41) is 2.82. The zero-order chi connectivity index (χ0) is 17.3. The quantitative estimate of drug-likeness (QED) is 0.884. The number of aromatic nitrogens is 2. The molecule has 1 aromatic heterocycles. The first-order valence-electron chi connectivity index (χ1n) is 7.80. The highest BCUT2D eigenvalue weighted by Gasteiger charge is 2.34. The monoisotopic (exact) mass is 349 g/mol. The van der Waals surface area contributed by atoms with Crippen molar-refractivity contribution in [3.8, 4) is 5.69 Å². The van der Waals surface area contributed by atoms with E-state index in [1.54, 1.807) is 31.2 Å². The number of hydrogen-bond donors (Lipinski definition) is 1. The van der Waals surface area contributed by atoms with Gasteiger partial charge in [0, 0.05) is 18.7 Å². The minimum atomic E-state index is -3.08. The Kier molecular flexibility index (Phi) is 4.31. The first-order valence-corrected chi connectivity index (χ1v) is 9.62. The zero-order valence-electron chi connectivity index (χ0n) is 13.3. The SMILES string of the molecule is CCN(C(=O)c1cc(=O)n(-c2ccccc2)[nH]1)C1CCS(=O)(=O)C1. The maximum Gasteiger partial charge on any atom is 0.272 e. The van der Waals surface area contributed by atoms with Crippen LogP contribution in [0.25, 0.3) is 5.69 Å². The smallest absolute Gasteiger partial charge is 0.272 e. The number of sulfone groups is 1. The fraction of sp³-hybridized carbons (Fsp3) is 0.375. The number of aromatic amines is 1. The molecule has 7 nitrogen and oxygen atoms in total. The molecule has 1 saturated heterocycles. The molecule has 2 aromatic rings. The van der Waals surface area contributed by atoms with E-state index in [0.29, 0.717) is 18.7 Å². The van der Waals surface area contributed by atoms with Gasteiger partial charge in [-0.1, -0.05) is 18.2 Å². The number of carbonyl (C=O) groups excluding carboxylic acids is 1. The highest BCUT2D eigenvalue weighted by molar-refractivity contribution is 7.91. The van der Waals surface area contributed by atoms with Gasteiger partial charge >= 0.3 is 0 Å². The van der Waals surface area contributed by atoms with Crippen molar-refractivity contribution in [2.75, 3.05) is 18.1 Å². The van der Waals surface area contributed by atoms with Crippen LogP contribution in [0.2, 0.25) is 0 Å². The highest BCUT2D eigenvalue weighted by atomic mass is 32.2. The van der Waals surface area contributed by atoms with E-state index in [2.05, 4.69) is 5.10 Å². The number of carbonyl (C=O) groups is 1. The molecule has 1 aliphatic rings. The fourth-order valence-corrected chi connectivity index (χ4v) is 4.75. The van der Waals surface area contributed by atoms with E-state index in [1.807, 2.05) is 6.07 Å². The standard InChI is InChI=1S/C16H19N3O4S/c1-2-18(13-8-9-24(22,23)11-13)16(21)14-10-15(20)19(17-14)12-6-4-3-5-7-12/h3-7,10,13,17H,2,8-9,11H2,1H3. The summed E-state index contributed by atoms with van der Waals surface area (Å²) in [4.78, 5) is 26.4. The number of amides is 1. The van der Waals surface area contributed by atoms with Gasteiger partial charge in [-0.15, -0.1) is 0 Å². The van der Waals surface area contributed by atoms with E-state index in [9.17, 15) is 18.0 Å². The Morgan fingerprint density at radius 2 is 2.04 bits per heavy atom. The summed E-state index contributed by atoms with van der Waals surface area (Å²) in [5.41, 5.74) is 0.461. The maximum absolute atomic E-state index is 12.7. The molecule has 0 bridgehead atoms. The summed E-state index contributed by atoms with van der Waals surface area (Å²) in [6.45, 7) is 2.19. The number of para-hydroxylation sites is 1. The summed E-state index contributed by atoms with van der Waals surface area (Å²) in [5.74, 6) is -0.273. The second-order valence-corrected chi connectivity index (χ2v) is 8.06. The third-order valence-corrected chi connectivity index (χ3v) is 5.97. The van der Waals surface area contributed by atoms with Crippen LogP contribution in [0, 0.1) is 0 Å². The maximum atomic E-state index is 12.7. The Hall–Kier alpha value is -2.35. The molecule has 2 heterocycles. The number of H-pyrrole nitrogens is 1. The third kappa shape index (κ3) is 3.14. The predicted octanol–water partition coefficient (Wildman–Crippen LogP) is 0.815. The molecule has 0 saturated carbocycles. The zero-order valence-corrected chi connectivity index (χ0v) is 14.1. The van der Waals surface area contributed by atoms with Crippen molar-refractivity contribution in [3.05, 3.63) is 52.4 Å². The van der Waals surface area contributed by atoms with E-state index in [4.69, 9.17) is 0 Å². The van der Waals surface area contributed by atoms with Crippen molar-refractivity contribution >= 4 is 15.7 Å². The number of benzene rings is 1. The van der Waals surface area contributed by atoms with Gasteiger partial charge in [0.1, 0.15) is 5.69 Å². The lowest BCUT2D eigenvalue weighted by Crippen LogP contribution is -2.41. The lowest BCUT2D eigenvalue weighted by Gasteiger charge is -2.26. The van der Waals surface area contributed by atoms with Gasteiger partial charge in [-0.3, -0.25) is 14.7 Å². The van der Waals surface area contributed by atoms with Gasteiger partial charge in [-0.2, -0.15) is 0 Å². The molecular formula is C16H19N3O4S. The highest BCUT2D eigenvalue weighted by Crippen LogP contribution is 2.19. The van der Waals surface area contributed by atoms with Crippen LogP contribution in [0.5, 0.6) is 0 Å². The van der Waals surface area contributed by atoms with Crippen LogP contribution in [0.1, 0.15) is 23.8 Å². The second-order valence-electron chi connectivity index (χ2n) is 5.83. The number of nitrogens with one attached hydrogen (secondary N) is 1. The van der Waals surface area contributed by atoms with Gasteiger partial charge in [0.05, 0.1) is 17.2 Å². The Morgan fingerprint density at radius 1 is 1.33 bits per heavy atom. The normalized spacial score (nSPS) is 19.3. The number of nitrogens with zero attached hydrogens (tertiary/aromatic N) is 2. The van der Waals surface area contributed by atoms with Crippen molar-refractivity contribution in [1.82, 2.24) is 14.7 Å².